The van der Waals surface area contributed by atoms with E-state index in [0.717, 1.165) is 11.4 Å². The van der Waals surface area contributed by atoms with Crippen LogP contribution in [0.15, 0.2) is 47.8 Å². The lowest BCUT2D eigenvalue weighted by Crippen LogP contribution is -2.40. The fourth-order valence-corrected chi connectivity index (χ4v) is 3.06. The van der Waals surface area contributed by atoms with Gasteiger partial charge in [-0.1, -0.05) is 38.0 Å². The van der Waals surface area contributed by atoms with Crippen molar-refractivity contribution in [1.29, 1.82) is 0 Å². The number of hydrogen-bond acceptors (Lipinski definition) is 3. The van der Waals surface area contributed by atoms with Gasteiger partial charge in [-0.05, 0) is 37.5 Å². The quantitative estimate of drug-likeness (QED) is 0.828. The number of carbonyl (C=O) groups excluding carboxylic acids is 1. The van der Waals surface area contributed by atoms with Crippen LogP contribution < -0.4 is 10.6 Å². The second kappa shape index (κ2) is 5.76. The van der Waals surface area contributed by atoms with Gasteiger partial charge in [0.25, 0.3) is 0 Å². The van der Waals surface area contributed by atoms with E-state index in [1.54, 1.807) is 0 Å². The first-order chi connectivity index (χ1) is 10.1. The molecule has 0 unspecified atom stereocenters. The average Bonchev–Trinajstić information content (AvgIpc) is 2.51. The SMILES string of the molecule is C=C1C(=O)C(Nc2cccc(C)c2)=C1NC1CCCCC1. The third kappa shape index (κ3) is 2.87. The Hall–Kier alpha value is -2.03. The van der Waals surface area contributed by atoms with Crippen LogP contribution >= 0.6 is 0 Å². The fraction of sp³-hybridized carbons (Fsp3) is 0.389. The third-order valence-electron chi connectivity index (χ3n) is 4.29. The number of benzene rings is 1. The predicted molar refractivity (Wildman–Crippen MR) is 86.0 cm³/mol. The van der Waals surface area contributed by atoms with Crippen molar-refractivity contribution in [3.63, 3.8) is 0 Å². The summed E-state index contributed by atoms with van der Waals surface area (Å²) in [5, 5.41) is 6.76. The van der Waals surface area contributed by atoms with Crippen molar-refractivity contribution in [1.82, 2.24) is 5.32 Å². The van der Waals surface area contributed by atoms with E-state index in [0.29, 0.717) is 17.3 Å². The van der Waals surface area contributed by atoms with Crippen molar-refractivity contribution in [2.45, 2.75) is 45.1 Å². The van der Waals surface area contributed by atoms with Gasteiger partial charge in [-0.15, -0.1) is 0 Å². The zero-order valence-electron chi connectivity index (χ0n) is 12.5. The summed E-state index contributed by atoms with van der Waals surface area (Å²) in [7, 11) is 0. The van der Waals surface area contributed by atoms with Gasteiger partial charge in [-0.25, -0.2) is 0 Å². The molecule has 2 aliphatic carbocycles. The Kier molecular flexibility index (Phi) is 3.82. The van der Waals surface area contributed by atoms with Gasteiger partial charge in [-0.3, -0.25) is 4.79 Å². The van der Waals surface area contributed by atoms with Crippen LogP contribution in [0.25, 0.3) is 0 Å². The summed E-state index contributed by atoms with van der Waals surface area (Å²) in [5.41, 5.74) is 4.31. The molecule has 0 amide bonds. The summed E-state index contributed by atoms with van der Waals surface area (Å²) in [6.45, 7) is 5.93. The zero-order valence-corrected chi connectivity index (χ0v) is 12.5. The smallest absolute Gasteiger partial charge is 0.212 e. The van der Waals surface area contributed by atoms with E-state index in [4.69, 9.17) is 0 Å². The van der Waals surface area contributed by atoms with Gasteiger partial charge in [0.15, 0.2) is 0 Å². The highest BCUT2D eigenvalue weighted by Gasteiger charge is 2.33. The molecule has 0 aliphatic heterocycles. The Labute approximate surface area is 126 Å². The number of aryl methyl sites for hydroxylation is 1. The number of anilines is 1. The molecule has 1 saturated carbocycles. The molecule has 1 fully saturated rings. The largest absolute Gasteiger partial charge is 0.380 e. The fourth-order valence-electron chi connectivity index (χ4n) is 3.06. The molecule has 2 aliphatic rings. The van der Waals surface area contributed by atoms with Gasteiger partial charge >= 0.3 is 0 Å². The van der Waals surface area contributed by atoms with Crippen LogP contribution in [0.3, 0.4) is 0 Å². The van der Waals surface area contributed by atoms with Crippen LogP contribution in [0.1, 0.15) is 37.7 Å². The van der Waals surface area contributed by atoms with E-state index in [-0.39, 0.29) is 5.78 Å². The molecule has 3 nitrogen and oxygen atoms in total. The van der Waals surface area contributed by atoms with E-state index in [2.05, 4.69) is 17.2 Å². The Bertz CT molecular complexity index is 609. The molecular formula is C18H22N2O. The molecule has 3 heteroatoms. The van der Waals surface area contributed by atoms with E-state index in [9.17, 15) is 4.79 Å². The number of allylic oxidation sites excluding steroid dienone is 2. The lowest BCUT2D eigenvalue weighted by atomic mass is 9.89. The van der Waals surface area contributed by atoms with E-state index in [1.165, 1.54) is 37.7 Å². The summed E-state index contributed by atoms with van der Waals surface area (Å²) < 4.78 is 0. The van der Waals surface area contributed by atoms with Gasteiger partial charge < -0.3 is 10.6 Å². The van der Waals surface area contributed by atoms with Crippen LogP contribution in [0.4, 0.5) is 5.69 Å². The third-order valence-corrected chi connectivity index (χ3v) is 4.29. The first-order valence-corrected chi connectivity index (χ1v) is 7.73. The van der Waals surface area contributed by atoms with Crippen LogP contribution in [0.2, 0.25) is 0 Å². The lowest BCUT2D eigenvalue weighted by Gasteiger charge is -2.32. The monoisotopic (exact) mass is 282 g/mol. The van der Waals surface area contributed by atoms with Crippen molar-refractivity contribution < 1.29 is 4.79 Å². The molecule has 21 heavy (non-hydrogen) atoms. The normalized spacial score (nSPS) is 19.5. The molecule has 110 valence electrons. The topological polar surface area (TPSA) is 41.1 Å². The van der Waals surface area contributed by atoms with Gasteiger partial charge in [0, 0.05) is 17.3 Å². The summed E-state index contributed by atoms with van der Waals surface area (Å²) in [5.74, 6) is 0.0230. The summed E-state index contributed by atoms with van der Waals surface area (Å²) in [6.07, 6.45) is 6.23. The second-order valence-electron chi connectivity index (χ2n) is 6.03. The maximum Gasteiger partial charge on any atom is 0.212 e. The Morgan fingerprint density at radius 3 is 2.62 bits per heavy atom. The molecule has 0 saturated heterocycles. The van der Waals surface area contributed by atoms with Crippen molar-refractivity contribution in [3.05, 3.63) is 53.4 Å². The first kappa shape index (κ1) is 13.9. The van der Waals surface area contributed by atoms with E-state index >= 15 is 0 Å². The number of carbonyl (C=O) groups is 1. The Morgan fingerprint density at radius 2 is 1.90 bits per heavy atom. The van der Waals surface area contributed by atoms with Crippen LogP contribution in [-0.4, -0.2) is 11.8 Å². The molecule has 0 aromatic heterocycles. The Morgan fingerprint density at radius 1 is 1.14 bits per heavy atom. The summed E-state index contributed by atoms with van der Waals surface area (Å²) in [6, 6.07) is 8.53. The highest BCUT2D eigenvalue weighted by atomic mass is 16.1. The van der Waals surface area contributed by atoms with Crippen molar-refractivity contribution in [2.75, 3.05) is 5.32 Å². The maximum atomic E-state index is 12.0. The maximum absolute atomic E-state index is 12.0. The minimum absolute atomic E-state index is 0.0230. The molecule has 0 spiro atoms. The van der Waals surface area contributed by atoms with Crippen LogP contribution in [0, 0.1) is 6.92 Å². The highest BCUT2D eigenvalue weighted by molar-refractivity contribution is 6.20. The van der Waals surface area contributed by atoms with Crippen LogP contribution in [0.5, 0.6) is 0 Å². The number of nitrogens with one attached hydrogen (secondary N) is 2. The van der Waals surface area contributed by atoms with E-state index in [1.807, 2.05) is 31.2 Å². The molecular weight excluding hydrogens is 260 g/mol. The Balaban J connectivity index is 1.76. The average molecular weight is 282 g/mol. The molecule has 0 atom stereocenters. The van der Waals surface area contributed by atoms with Crippen molar-refractivity contribution in [3.8, 4) is 0 Å². The van der Waals surface area contributed by atoms with Crippen molar-refractivity contribution in [2.24, 2.45) is 0 Å². The molecule has 0 bridgehead atoms. The molecule has 2 N–H and O–H groups in total. The predicted octanol–water partition coefficient (Wildman–Crippen LogP) is 3.68. The molecule has 1 aromatic rings. The van der Waals surface area contributed by atoms with Gasteiger partial charge in [-0.2, -0.15) is 0 Å². The number of Topliss-reactive ketones (excluding diaryl/α,β-unsaturated/α-hetero) is 1. The number of hydrogen-bond donors (Lipinski definition) is 2. The first-order valence-electron chi connectivity index (χ1n) is 7.73. The molecule has 0 radical (unpaired) electrons. The van der Waals surface area contributed by atoms with Gasteiger partial charge in [0.05, 0.1) is 5.70 Å². The second-order valence-corrected chi connectivity index (χ2v) is 6.03. The number of ketones is 1. The molecule has 1 aromatic carbocycles. The van der Waals surface area contributed by atoms with Crippen molar-refractivity contribution >= 4 is 11.5 Å². The summed E-state index contributed by atoms with van der Waals surface area (Å²) in [4.78, 5) is 12.0. The number of rotatable bonds is 4. The van der Waals surface area contributed by atoms with Crippen LogP contribution in [-0.2, 0) is 4.79 Å². The minimum Gasteiger partial charge on any atom is -0.380 e. The standard InChI is InChI=1S/C18H22N2O/c1-12-7-6-10-15(11-12)20-17-16(13(2)18(17)21)19-14-8-4-3-5-9-14/h6-7,10-11,14,19-20H,2-5,8-9H2,1H3. The van der Waals surface area contributed by atoms with Gasteiger partial charge in [0.1, 0.15) is 5.70 Å². The summed E-state index contributed by atoms with van der Waals surface area (Å²) >= 11 is 0. The molecule has 0 heterocycles. The zero-order chi connectivity index (χ0) is 14.8. The van der Waals surface area contributed by atoms with Gasteiger partial charge in [0.2, 0.25) is 5.78 Å². The molecule has 3 rings (SSSR count). The minimum atomic E-state index is 0.0230. The highest BCUT2D eigenvalue weighted by Crippen LogP contribution is 2.30. The lowest BCUT2D eigenvalue weighted by molar-refractivity contribution is -0.113. The van der Waals surface area contributed by atoms with E-state index < -0.39 is 0 Å².